The molecule has 0 spiro atoms. The van der Waals surface area contributed by atoms with Gasteiger partial charge in [-0.05, 0) is 49.0 Å². The molecule has 2 aromatic heterocycles. The molecule has 1 atom stereocenters. The molecule has 1 unspecified atom stereocenters. The van der Waals surface area contributed by atoms with Crippen LogP contribution in [0.5, 0.6) is 0 Å². The Morgan fingerprint density at radius 1 is 1.05 bits per heavy atom. The van der Waals surface area contributed by atoms with Gasteiger partial charge < -0.3 is 24.6 Å². The lowest BCUT2D eigenvalue weighted by Crippen LogP contribution is -2.47. The van der Waals surface area contributed by atoms with Crippen LogP contribution in [-0.2, 0) is 20.8 Å². The van der Waals surface area contributed by atoms with Gasteiger partial charge in [0.05, 0.1) is 12.7 Å². The Balaban J connectivity index is 1.52. The molecule has 0 bridgehead atoms. The van der Waals surface area contributed by atoms with Crippen LogP contribution in [0.3, 0.4) is 0 Å². The summed E-state index contributed by atoms with van der Waals surface area (Å²) in [4.78, 5) is 48.8. The second-order valence-corrected chi connectivity index (χ2v) is 10.2. The number of fused-ring (bicyclic) bond motifs is 2. The Morgan fingerprint density at radius 2 is 1.82 bits per heavy atom. The highest BCUT2D eigenvalue weighted by molar-refractivity contribution is 7.98. The summed E-state index contributed by atoms with van der Waals surface area (Å²) in [7, 11) is 0. The average molecular weight is 551 g/mol. The molecule has 0 saturated carbocycles. The lowest BCUT2D eigenvalue weighted by atomic mass is 9.99. The van der Waals surface area contributed by atoms with Gasteiger partial charge in [-0.2, -0.15) is 11.8 Å². The first-order chi connectivity index (χ1) is 18.8. The number of aryl methyl sites for hydroxylation is 1. The summed E-state index contributed by atoms with van der Waals surface area (Å²) in [6.45, 7) is 1.81. The second kappa shape index (κ2) is 12.7. The van der Waals surface area contributed by atoms with Crippen molar-refractivity contribution in [2.24, 2.45) is 0 Å². The number of thioether (sulfide) groups is 1. The number of carbonyl (C=O) groups is 3. The van der Waals surface area contributed by atoms with E-state index in [1.165, 1.54) is 11.8 Å². The number of carboxylic acids is 1. The van der Waals surface area contributed by atoms with Crippen LogP contribution in [0.15, 0.2) is 62.4 Å². The quantitative estimate of drug-likeness (QED) is 0.222. The molecule has 39 heavy (non-hydrogen) atoms. The number of carbonyl (C=O) groups excluding carboxylic acids is 2. The number of furan rings is 1. The Kier molecular flexibility index (Phi) is 9.08. The Morgan fingerprint density at radius 3 is 2.54 bits per heavy atom. The number of carboxylic acid groups (broad SMARTS) is 1. The molecule has 3 N–H and O–H groups in total. The van der Waals surface area contributed by atoms with E-state index in [0.29, 0.717) is 28.9 Å². The molecule has 0 aliphatic heterocycles. The summed E-state index contributed by atoms with van der Waals surface area (Å²) in [5, 5.41) is 15.7. The zero-order valence-electron chi connectivity index (χ0n) is 21.7. The molecule has 0 fully saturated rings. The first-order valence-corrected chi connectivity index (χ1v) is 14.0. The Bertz CT molecular complexity index is 1560. The van der Waals surface area contributed by atoms with Crippen LogP contribution in [0.2, 0.25) is 0 Å². The van der Waals surface area contributed by atoms with Gasteiger partial charge in [0.25, 0.3) is 0 Å². The SMILES string of the molecule is CSCCC(NC(=O)CCc1c(C)c2cc3c(-c4ccccc4)coc3cc2oc1=O)C(=O)NCCC(=O)O. The number of aliphatic carboxylic acids is 1. The molecule has 4 rings (SSSR count). The maximum absolute atomic E-state index is 12.8. The van der Waals surface area contributed by atoms with Gasteiger partial charge in [0.1, 0.15) is 17.2 Å². The van der Waals surface area contributed by atoms with Crippen molar-refractivity contribution in [3.05, 3.63) is 70.3 Å². The highest BCUT2D eigenvalue weighted by Crippen LogP contribution is 2.34. The Hall–Kier alpha value is -4.05. The van der Waals surface area contributed by atoms with Crippen LogP contribution in [0.25, 0.3) is 33.1 Å². The third-order valence-corrected chi connectivity index (χ3v) is 7.21. The van der Waals surface area contributed by atoms with Crippen molar-refractivity contribution in [1.82, 2.24) is 10.6 Å². The summed E-state index contributed by atoms with van der Waals surface area (Å²) >= 11 is 1.53. The number of rotatable bonds is 12. The van der Waals surface area contributed by atoms with Crippen LogP contribution < -0.4 is 16.3 Å². The molecule has 9 nitrogen and oxygen atoms in total. The zero-order chi connectivity index (χ0) is 27.9. The number of hydrogen-bond donors (Lipinski definition) is 3. The molecule has 4 aromatic rings. The number of benzene rings is 2. The predicted molar refractivity (Wildman–Crippen MR) is 151 cm³/mol. The lowest BCUT2D eigenvalue weighted by Gasteiger charge is -2.18. The fraction of sp³-hybridized carbons (Fsp3) is 0.310. The fourth-order valence-electron chi connectivity index (χ4n) is 4.47. The molecule has 0 radical (unpaired) electrons. The number of hydrogen-bond acceptors (Lipinski definition) is 7. The Labute approximate surface area is 228 Å². The van der Waals surface area contributed by atoms with Gasteiger partial charge in [-0.25, -0.2) is 4.79 Å². The molecule has 10 heteroatoms. The summed E-state index contributed by atoms with van der Waals surface area (Å²) in [5.41, 5.74) is 3.54. The van der Waals surface area contributed by atoms with Crippen LogP contribution in [0.4, 0.5) is 0 Å². The monoisotopic (exact) mass is 550 g/mol. The zero-order valence-corrected chi connectivity index (χ0v) is 22.6. The van der Waals surface area contributed by atoms with E-state index in [-0.39, 0.29) is 31.7 Å². The normalized spacial score (nSPS) is 11.9. The molecule has 2 heterocycles. The van der Waals surface area contributed by atoms with E-state index in [0.717, 1.165) is 27.5 Å². The summed E-state index contributed by atoms with van der Waals surface area (Å²) in [6.07, 6.45) is 3.89. The van der Waals surface area contributed by atoms with Crippen LogP contribution >= 0.6 is 11.8 Å². The van der Waals surface area contributed by atoms with Crippen LogP contribution in [0.1, 0.15) is 30.4 Å². The van der Waals surface area contributed by atoms with Gasteiger partial charge in [-0.1, -0.05) is 30.3 Å². The molecule has 0 saturated heterocycles. The highest BCUT2D eigenvalue weighted by Gasteiger charge is 2.22. The summed E-state index contributed by atoms with van der Waals surface area (Å²) in [5.74, 6) is -1.20. The van der Waals surface area contributed by atoms with Gasteiger partial charge >= 0.3 is 11.6 Å². The minimum absolute atomic E-state index is 0.0154. The fourth-order valence-corrected chi connectivity index (χ4v) is 4.94. The van der Waals surface area contributed by atoms with E-state index < -0.39 is 23.5 Å². The second-order valence-electron chi connectivity index (χ2n) is 9.19. The number of nitrogens with one attached hydrogen (secondary N) is 2. The molecule has 2 aromatic carbocycles. The molecule has 204 valence electrons. The molecule has 0 aliphatic rings. The molecule has 2 amide bonds. The van der Waals surface area contributed by atoms with Crippen molar-refractivity contribution in [2.75, 3.05) is 18.6 Å². The van der Waals surface area contributed by atoms with E-state index >= 15 is 0 Å². The largest absolute Gasteiger partial charge is 0.481 e. The van der Waals surface area contributed by atoms with Crippen LogP contribution in [0, 0.1) is 6.92 Å². The standard InChI is InChI=1S/C29H30N2O7S/c1-17-19(8-9-26(32)31-23(11-13-39-2)28(35)30-12-10-27(33)34)29(36)38-25-15-24-21(14-20(17)25)22(16-37-24)18-6-4-3-5-7-18/h3-7,14-16,23H,8-13H2,1-2H3,(H,30,35)(H,31,32)(H,33,34). The predicted octanol–water partition coefficient (Wildman–Crippen LogP) is 4.28. The number of amides is 2. The third-order valence-electron chi connectivity index (χ3n) is 6.57. The smallest absolute Gasteiger partial charge is 0.339 e. The lowest BCUT2D eigenvalue weighted by molar-refractivity contribution is -0.137. The summed E-state index contributed by atoms with van der Waals surface area (Å²) < 4.78 is 11.3. The van der Waals surface area contributed by atoms with Gasteiger partial charge in [-0.15, -0.1) is 0 Å². The van der Waals surface area contributed by atoms with E-state index in [4.69, 9.17) is 13.9 Å². The maximum atomic E-state index is 12.8. The topological polar surface area (TPSA) is 139 Å². The third kappa shape index (κ3) is 6.69. The highest BCUT2D eigenvalue weighted by atomic mass is 32.2. The van der Waals surface area contributed by atoms with Gasteiger partial charge in [0.15, 0.2) is 0 Å². The molecule has 0 aliphatic carbocycles. The van der Waals surface area contributed by atoms with Crippen LogP contribution in [-0.4, -0.2) is 47.5 Å². The van der Waals surface area contributed by atoms with E-state index in [1.807, 2.05) is 49.6 Å². The van der Waals surface area contributed by atoms with Crippen molar-refractivity contribution in [1.29, 1.82) is 0 Å². The maximum Gasteiger partial charge on any atom is 0.339 e. The van der Waals surface area contributed by atoms with Gasteiger partial charge in [0, 0.05) is 40.9 Å². The first-order valence-electron chi connectivity index (χ1n) is 12.6. The van der Waals surface area contributed by atoms with Crippen molar-refractivity contribution in [2.45, 2.75) is 38.6 Å². The summed E-state index contributed by atoms with van der Waals surface area (Å²) in [6, 6.07) is 12.7. The molecular formula is C29H30N2O7S. The molecular weight excluding hydrogens is 520 g/mol. The van der Waals surface area contributed by atoms with E-state index in [9.17, 15) is 19.2 Å². The van der Waals surface area contributed by atoms with Crippen molar-refractivity contribution in [3.63, 3.8) is 0 Å². The van der Waals surface area contributed by atoms with E-state index in [2.05, 4.69) is 10.6 Å². The van der Waals surface area contributed by atoms with Gasteiger partial charge in [-0.3, -0.25) is 14.4 Å². The minimum atomic E-state index is -1.02. The van der Waals surface area contributed by atoms with Crippen molar-refractivity contribution in [3.8, 4) is 11.1 Å². The minimum Gasteiger partial charge on any atom is -0.481 e. The van der Waals surface area contributed by atoms with Crippen molar-refractivity contribution < 1.29 is 28.3 Å². The van der Waals surface area contributed by atoms with E-state index in [1.54, 1.807) is 12.3 Å². The van der Waals surface area contributed by atoms with Crippen molar-refractivity contribution >= 4 is 51.5 Å². The first kappa shape index (κ1) is 28.0. The van der Waals surface area contributed by atoms with Gasteiger partial charge in [0.2, 0.25) is 11.8 Å². The average Bonchev–Trinajstić information content (AvgIpc) is 3.33.